The largest absolute Gasteiger partial charge is 0.279 e. The third-order valence-corrected chi connectivity index (χ3v) is 4.76. The van der Waals surface area contributed by atoms with Crippen LogP contribution in [0.3, 0.4) is 0 Å². The number of carbonyl (C=O) groups excluding carboxylic acids is 1. The molecule has 1 aromatic heterocycles. The second-order valence-electron chi connectivity index (χ2n) is 5.59. The highest BCUT2D eigenvalue weighted by molar-refractivity contribution is 7.12. The summed E-state index contributed by atoms with van der Waals surface area (Å²) in [7, 11) is 0. The number of rotatable bonds is 3. The van der Waals surface area contributed by atoms with Gasteiger partial charge in [0, 0.05) is 11.1 Å². The molecule has 0 N–H and O–H groups in total. The van der Waals surface area contributed by atoms with E-state index in [1.165, 1.54) is 11.3 Å². The van der Waals surface area contributed by atoms with Crippen molar-refractivity contribution in [3.05, 3.63) is 101 Å². The molecule has 0 radical (unpaired) electrons. The van der Waals surface area contributed by atoms with Crippen LogP contribution in [0.2, 0.25) is 0 Å². The van der Waals surface area contributed by atoms with Crippen molar-refractivity contribution in [1.29, 1.82) is 0 Å². The number of benzene rings is 3. The lowest BCUT2D eigenvalue weighted by molar-refractivity contribution is 0.0998. The quantitative estimate of drug-likeness (QED) is 0.547. The molecule has 1 heterocycles. The molecule has 5 heteroatoms. The molecule has 0 aliphatic carbocycles. The molecule has 3 aromatic carbocycles. The van der Waals surface area contributed by atoms with Gasteiger partial charge in [0.25, 0.3) is 5.91 Å². The van der Waals surface area contributed by atoms with Gasteiger partial charge < -0.3 is 0 Å². The number of amides is 1. The molecule has 0 aliphatic rings. The molecule has 0 saturated heterocycles. The Labute approximate surface area is 154 Å². The average Bonchev–Trinajstić information content (AvgIpc) is 3.14. The number of para-hydroxylation sites is 1. The van der Waals surface area contributed by atoms with E-state index < -0.39 is 0 Å². The van der Waals surface area contributed by atoms with Gasteiger partial charge in [0.05, 0.1) is 5.69 Å². The number of carbonyl (C=O) groups is 1. The van der Waals surface area contributed by atoms with E-state index in [1.54, 1.807) is 16.8 Å². The summed E-state index contributed by atoms with van der Waals surface area (Å²) in [6.07, 6.45) is 0. The topological polar surface area (TPSA) is 47.2 Å². The maximum atomic E-state index is 12.5. The zero-order valence-electron chi connectivity index (χ0n) is 13.8. The van der Waals surface area contributed by atoms with Crippen molar-refractivity contribution in [2.24, 2.45) is 4.99 Å². The Morgan fingerprint density at radius 3 is 2.04 bits per heavy atom. The van der Waals surface area contributed by atoms with Gasteiger partial charge in [-0.2, -0.15) is 10.1 Å². The van der Waals surface area contributed by atoms with E-state index in [4.69, 9.17) is 0 Å². The molecule has 0 bridgehead atoms. The third kappa shape index (κ3) is 3.38. The van der Waals surface area contributed by atoms with E-state index in [1.807, 2.05) is 78.9 Å². The van der Waals surface area contributed by atoms with Crippen molar-refractivity contribution >= 4 is 17.2 Å². The number of hydrogen-bond donors (Lipinski definition) is 0. The second-order valence-corrected chi connectivity index (χ2v) is 6.54. The molecule has 4 rings (SSSR count). The van der Waals surface area contributed by atoms with Crippen LogP contribution < -0.4 is 4.80 Å². The molecule has 126 valence electrons. The van der Waals surface area contributed by atoms with Crippen molar-refractivity contribution in [3.63, 3.8) is 0 Å². The van der Waals surface area contributed by atoms with E-state index >= 15 is 0 Å². The van der Waals surface area contributed by atoms with Crippen molar-refractivity contribution in [2.75, 3.05) is 0 Å². The van der Waals surface area contributed by atoms with Gasteiger partial charge in [0.15, 0.2) is 0 Å². The fourth-order valence-corrected chi connectivity index (χ4v) is 3.43. The van der Waals surface area contributed by atoms with Crippen LogP contribution in [0, 0.1) is 0 Å². The molecule has 0 saturated carbocycles. The Morgan fingerprint density at radius 2 is 1.38 bits per heavy atom. The summed E-state index contributed by atoms with van der Waals surface area (Å²) in [6, 6.07) is 28.7. The van der Waals surface area contributed by atoms with Crippen LogP contribution in [0.4, 0.5) is 0 Å². The molecule has 26 heavy (non-hydrogen) atoms. The maximum absolute atomic E-state index is 12.5. The Morgan fingerprint density at radius 1 is 0.808 bits per heavy atom. The average molecular weight is 357 g/mol. The highest BCUT2D eigenvalue weighted by atomic mass is 32.1. The predicted octanol–water partition coefficient (Wildman–Crippen LogP) is 4.34. The highest BCUT2D eigenvalue weighted by Gasteiger charge is 2.11. The van der Waals surface area contributed by atoms with Crippen LogP contribution in [0.15, 0.2) is 96.0 Å². The first-order chi connectivity index (χ1) is 12.8. The standard InChI is InChI=1S/C21H15N3OS/c25-19(16-10-4-1-5-11-16)22-21-24(18-14-8-3-9-15-18)23-20(26-21)17-12-6-2-7-13-17/h1-15H. The molecular weight excluding hydrogens is 342 g/mol. The fourth-order valence-electron chi connectivity index (χ4n) is 2.52. The first-order valence-corrected chi connectivity index (χ1v) is 8.98. The molecular formula is C21H15N3OS. The minimum absolute atomic E-state index is 0.279. The summed E-state index contributed by atoms with van der Waals surface area (Å²) in [5.74, 6) is -0.279. The lowest BCUT2D eigenvalue weighted by Crippen LogP contribution is -2.16. The first kappa shape index (κ1) is 16.2. The van der Waals surface area contributed by atoms with E-state index in [0.717, 1.165) is 16.3 Å². The monoisotopic (exact) mass is 357 g/mol. The molecule has 0 unspecified atom stereocenters. The summed E-state index contributed by atoms with van der Waals surface area (Å²) >= 11 is 1.39. The normalized spacial score (nSPS) is 11.5. The fraction of sp³-hybridized carbons (Fsp3) is 0. The SMILES string of the molecule is O=C(N=c1sc(-c2ccccc2)nn1-c1ccccc1)c1ccccc1. The van der Waals surface area contributed by atoms with Crippen LogP contribution in [-0.4, -0.2) is 15.7 Å². The first-order valence-electron chi connectivity index (χ1n) is 8.16. The van der Waals surface area contributed by atoms with E-state index in [-0.39, 0.29) is 5.91 Å². The summed E-state index contributed by atoms with van der Waals surface area (Å²) in [4.78, 5) is 17.4. The molecule has 0 aliphatic heterocycles. The van der Waals surface area contributed by atoms with Crippen LogP contribution in [-0.2, 0) is 0 Å². The predicted molar refractivity (Wildman–Crippen MR) is 103 cm³/mol. The number of nitrogens with zero attached hydrogens (tertiary/aromatic N) is 3. The van der Waals surface area contributed by atoms with Gasteiger partial charge in [-0.25, -0.2) is 4.68 Å². The summed E-state index contributed by atoms with van der Waals surface area (Å²) in [5, 5.41) is 5.50. The number of aromatic nitrogens is 2. The molecule has 0 spiro atoms. The van der Waals surface area contributed by atoms with Crippen LogP contribution in [0.25, 0.3) is 16.3 Å². The van der Waals surface area contributed by atoms with Gasteiger partial charge in [-0.15, -0.1) is 0 Å². The Hall–Kier alpha value is -3.31. The van der Waals surface area contributed by atoms with Crippen molar-refractivity contribution in [1.82, 2.24) is 9.78 Å². The number of hydrogen-bond acceptors (Lipinski definition) is 3. The van der Waals surface area contributed by atoms with Gasteiger partial charge in [-0.3, -0.25) is 4.79 Å². The minimum Gasteiger partial charge on any atom is -0.267 e. The summed E-state index contributed by atoms with van der Waals surface area (Å²) < 4.78 is 1.72. The zero-order valence-corrected chi connectivity index (χ0v) is 14.6. The van der Waals surface area contributed by atoms with E-state index in [2.05, 4.69) is 10.1 Å². The third-order valence-electron chi connectivity index (χ3n) is 3.80. The van der Waals surface area contributed by atoms with Gasteiger partial charge in [0.2, 0.25) is 4.80 Å². The van der Waals surface area contributed by atoms with Crippen molar-refractivity contribution < 1.29 is 4.79 Å². The Kier molecular flexibility index (Phi) is 4.53. The van der Waals surface area contributed by atoms with Crippen LogP contribution >= 0.6 is 11.3 Å². The highest BCUT2D eigenvalue weighted by Crippen LogP contribution is 2.20. The zero-order chi connectivity index (χ0) is 17.8. The van der Waals surface area contributed by atoms with Crippen LogP contribution in [0.1, 0.15) is 10.4 Å². The molecule has 4 nitrogen and oxygen atoms in total. The maximum Gasteiger partial charge on any atom is 0.279 e. The molecule has 0 fully saturated rings. The molecule has 1 amide bonds. The van der Waals surface area contributed by atoms with E-state index in [9.17, 15) is 4.79 Å². The summed E-state index contributed by atoms with van der Waals surface area (Å²) in [6.45, 7) is 0. The van der Waals surface area contributed by atoms with Gasteiger partial charge in [-0.05, 0) is 24.3 Å². The lowest BCUT2D eigenvalue weighted by Gasteiger charge is -2.00. The van der Waals surface area contributed by atoms with Gasteiger partial charge >= 0.3 is 0 Å². The van der Waals surface area contributed by atoms with Gasteiger partial charge in [0.1, 0.15) is 5.01 Å². The Bertz CT molecular complexity index is 1080. The van der Waals surface area contributed by atoms with Crippen molar-refractivity contribution in [3.8, 4) is 16.3 Å². The summed E-state index contributed by atoms with van der Waals surface area (Å²) in [5.41, 5.74) is 2.42. The minimum atomic E-state index is -0.279. The van der Waals surface area contributed by atoms with E-state index in [0.29, 0.717) is 10.4 Å². The second kappa shape index (κ2) is 7.29. The Balaban J connectivity index is 1.86. The molecule has 0 atom stereocenters. The van der Waals surface area contributed by atoms with Crippen LogP contribution in [0.5, 0.6) is 0 Å². The molecule has 4 aromatic rings. The van der Waals surface area contributed by atoms with Crippen molar-refractivity contribution in [2.45, 2.75) is 0 Å². The lowest BCUT2D eigenvalue weighted by atomic mass is 10.2. The smallest absolute Gasteiger partial charge is 0.267 e. The van der Waals surface area contributed by atoms with Gasteiger partial charge in [-0.1, -0.05) is 78.1 Å².